The van der Waals surface area contributed by atoms with Gasteiger partial charge in [0.25, 0.3) is 5.91 Å². The minimum atomic E-state index is -0.566. The predicted octanol–water partition coefficient (Wildman–Crippen LogP) is 1.05. The van der Waals surface area contributed by atoms with Crippen LogP contribution in [0.5, 0.6) is 0 Å². The fourth-order valence-corrected chi connectivity index (χ4v) is 5.97. The largest absolute Gasteiger partial charge is 0.329 e. The van der Waals surface area contributed by atoms with Crippen molar-refractivity contribution in [3.8, 4) is 0 Å². The van der Waals surface area contributed by atoms with Crippen molar-refractivity contribution >= 4 is 17.7 Å². The van der Waals surface area contributed by atoms with Crippen molar-refractivity contribution < 1.29 is 14.4 Å². The van der Waals surface area contributed by atoms with Gasteiger partial charge in [-0.2, -0.15) is 0 Å². The van der Waals surface area contributed by atoms with Gasteiger partial charge in [0.1, 0.15) is 6.04 Å². The van der Waals surface area contributed by atoms with Crippen LogP contribution in [0.15, 0.2) is 18.2 Å². The molecular weight excluding hydrogens is 368 g/mol. The molecule has 2 heterocycles. The van der Waals surface area contributed by atoms with Gasteiger partial charge in [-0.15, -0.1) is 0 Å². The number of imide groups is 1. The molecule has 7 nitrogen and oxygen atoms in total. The van der Waals surface area contributed by atoms with Crippen LogP contribution in [0.1, 0.15) is 60.0 Å². The van der Waals surface area contributed by atoms with E-state index in [1.54, 1.807) is 4.90 Å². The Morgan fingerprint density at radius 1 is 1.21 bits per heavy atom. The Morgan fingerprint density at radius 3 is 2.76 bits per heavy atom. The number of hydrogen-bond donors (Lipinski definition) is 3. The molecule has 0 aromatic heterocycles. The predicted molar refractivity (Wildman–Crippen MR) is 107 cm³/mol. The highest BCUT2D eigenvalue weighted by Gasteiger charge is 2.49. The van der Waals surface area contributed by atoms with E-state index in [-0.39, 0.29) is 29.7 Å². The molecule has 5 rings (SSSR count). The molecule has 0 spiro atoms. The summed E-state index contributed by atoms with van der Waals surface area (Å²) in [5, 5.41) is 6.08. The Kier molecular flexibility index (Phi) is 4.47. The summed E-state index contributed by atoms with van der Waals surface area (Å²) in [5.74, 6) is 0.713. The van der Waals surface area contributed by atoms with E-state index in [1.807, 2.05) is 12.1 Å². The molecule has 1 aromatic rings. The summed E-state index contributed by atoms with van der Waals surface area (Å²) in [5.41, 5.74) is 8.88. The van der Waals surface area contributed by atoms with E-state index >= 15 is 0 Å². The molecule has 1 saturated heterocycles. The van der Waals surface area contributed by atoms with Gasteiger partial charge in [0, 0.05) is 37.2 Å². The number of benzene rings is 1. The van der Waals surface area contributed by atoms with Gasteiger partial charge in [0.2, 0.25) is 11.8 Å². The lowest BCUT2D eigenvalue weighted by Crippen LogP contribution is -2.54. The zero-order valence-electron chi connectivity index (χ0n) is 16.6. The Balaban J connectivity index is 1.29. The number of nitrogens with zero attached hydrogens (tertiary/aromatic N) is 1. The maximum atomic E-state index is 13.0. The zero-order chi connectivity index (χ0) is 20.2. The highest BCUT2D eigenvalue weighted by Crippen LogP contribution is 2.50. The van der Waals surface area contributed by atoms with E-state index in [1.165, 1.54) is 19.3 Å². The number of carbonyl (C=O) groups excluding carboxylic acids is 3. The Morgan fingerprint density at radius 2 is 2.07 bits per heavy atom. The van der Waals surface area contributed by atoms with Gasteiger partial charge in [-0.05, 0) is 54.7 Å². The monoisotopic (exact) mass is 396 g/mol. The number of nitrogens with two attached hydrogens (primary N) is 1. The number of piperidine rings is 1. The summed E-state index contributed by atoms with van der Waals surface area (Å²) < 4.78 is 0. The molecule has 2 aliphatic carbocycles. The fraction of sp³-hybridized carbons (Fsp3) is 0.591. The maximum Gasteiger partial charge on any atom is 0.255 e. The molecule has 154 valence electrons. The molecule has 3 fully saturated rings. The van der Waals surface area contributed by atoms with Gasteiger partial charge in [-0.1, -0.05) is 18.6 Å². The van der Waals surface area contributed by atoms with Crippen LogP contribution in [0.2, 0.25) is 0 Å². The second-order valence-electron chi connectivity index (χ2n) is 9.19. The highest BCUT2D eigenvalue weighted by molar-refractivity contribution is 6.05. The van der Waals surface area contributed by atoms with Crippen molar-refractivity contribution in [2.24, 2.45) is 17.6 Å². The van der Waals surface area contributed by atoms with E-state index < -0.39 is 6.04 Å². The average Bonchev–Trinajstić information content (AvgIpc) is 3.40. The first-order valence-corrected chi connectivity index (χ1v) is 10.7. The number of rotatable bonds is 5. The third-order valence-electron chi connectivity index (χ3n) is 7.58. The molecule has 29 heavy (non-hydrogen) atoms. The lowest BCUT2D eigenvalue weighted by Gasteiger charge is -2.38. The second kappa shape index (κ2) is 6.92. The van der Waals surface area contributed by atoms with Crippen LogP contribution in [0.25, 0.3) is 0 Å². The van der Waals surface area contributed by atoms with Gasteiger partial charge < -0.3 is 16.0 Å². The summed E-state index contributed by atoms with van der Waals surface area (Å²) in [6.07, 6.45) is 5.70. The minimum absolute atomic E-state index is 0.0324. The topological polar surface area (TPSA) is 105 Å². The normalized spacial score (nSPS) is 33.3. The minimum Gasteiger partial charge on any atom is -0.329 e. The number of hydrogen-bond acceptors (Lipinski definition) is 5. The van der Waals surface area contributed by atoms with Crippen molar-refractivity contribution in [1.82, 2.24) is 15.5 Å². The number of carbonyl (C=O) groups is 3. The fourth-order valence-electron chi connectivity index (χ4n) is 5.97. The summed E-state index contributed by atoms with van der Waals surface area (Å²) in [6, 6.07) is 5.44. The molecule has 1 aromatic carbocycles. The zero-order valence-corrected chi connectivity index (χ0v) is 16.6. The summed E-state index contributed by atoms with van der Waals surface area (Å²) in [7, 11) is 0. The molecule has 2 bridgehead atoms. The van der Waals surface area contributed by atoms with E-state index in [9.17, 15) is 14.4 Å². The van der Waals surface area contributed by atoms with Crippen molar-refractivity contribution in [3.05, 3.63) is 34.9 Å². The van der Waals surface area contributed by atoms with Crippen LogP contribution >= 0.6 is 0 Å². The SMILES string of the molecule is NCC1(NCc2ccc3c(c2)C(=O)N(C2CCC(=O)NC2=O)C3)CC2CCC1C2. The van der Waals surface area contributed by atoms with Crippen LogP contribution in [0.4, 0.5) is 0 Å². The lowest BCUT2D eigenvalue weighted by atomic mass is 9.80. The number of amides is 3. The average molecular weight is 396 g/mol. The molecule has 4 aliphatic rings. The molecule has 4 N–H and O–H groups in total. The van der Waals surface area contributed by atoms with Gasteiger partial charge in [0.15, 0.2) is 0 Å². The van der Waals surface area contributed by atoms with Crippen LogP contribution < -0.4 is 16.4 Å². The standard InChI is InChI=1S/C22H28N4O3/c23-12-22(9-13-2-4-16(22)7-13)24-10-14-1-3-15-11-26(21(29)17(15)8-14)18-5-6-19(27)25-20(18)28/h1,3,8,13,16,18,24H,2,4-7,9-12,23H2,(H,25,27,28). The van der Waals surface area contributed by atoms with Crippen LogP contribution in [-0.4, -0.2) is 40.7 Å². The van der Waals surface area contributed by atoms with Gasteiger partial charge >= 0.3 is 0 Å². The third kappa shape index (κ3) is 3.07. The smallest absolute Gasteiger partial charge is 0.255 e. The van der Waals surface area contributed by atoms with E-state index in [4.69, 9.17) is 5.73 Å². The van der Waals surface area contributed by atoms with Gasteiger partial charge in [-0.3, -0.25) is 19.7 Å². The molecule has 7 heteroatoms. The first-order chi connectivity index (χ1) is 14.0. The van der Waals surface area contributed by atoms with Crippen molar-refractivity contribution in [2.45, 2.75) is 63.2 Å². The molecular formula is C22H28N4O3. The van der Waals surface area contributed by atoms with Crippen LogP contribution in [-0.2, 0) is 22.7 Å². The van der Waals surface area contributed by atoms with E-state index in [0.717, 1.165) is 23.5 Å². The molecule has 2 aliphatic heterocycles. The summed E-state index contributed by atoms with van der Waals surface area (Å²) >= 11 is 0. The molecule has 3 amide bonds. The molecule has 2 saturated carbocycles. The first-order valence-electron chi connectivity index (χ1n) is 10.7. The van der Waals surface area contributed by atoms with E-state index in [0.29, 0.717) is 37.5 Å². The first kappa shape index (κ1) is 18.8. The van der Waals surface area contributed by atoms with Crippen molar-refractivity contribution in [1.29, 1.82) is 0 Å². The van der Waals surface area contributed by atoms with Crippen LogP contribution in [0.3, 0.4) is 0 Å². The maximum absolute atomic E-state index is 13.0. The van der Waals surface area contributed by atoms with E-state index in [2.05, 4.69) is 16.7 Å². The summed E-state index contributed by atoms with van der Waals surface area (Å²) in [4.78, 5) is 38.2. The highest BCUT2D eigenvalue weighted by atomic mass is 16.2. The third-order valence-corrected chi connectivity index (χ3v) is 7.58. The van der Waals surface area contributed by atoms with Gasteiger partial charge in [0.05, 0.1) is 0 Å². The van der Waals surface area contributed by atoms with Crippen molar-refractivity contribution in [2.75, 3.05) is 6.54 Å². The second-order valence-corrected chi connectivity index (χ2v) is 9.19. The van der Waals surface area contributed by atoms with Gasteiger partial charge in [-0.25, -0.2) is 0 Å². The molecule has 4 atom stereocenters. The summed E-state index contributed by atoms with van der Waals surface area (Å²) in [6.45, 7) is 1.77. The number of nitrogens with one attached hydrogen (secondary N) is 2. The number of fused-ring (bicyclic) bond motifs is 3. The molecule has 0 radical (unpaired) electrons. The lowest BCUT2D eigenvalue weighted by molar-refractivity contribution is -0.136. The quantitative estimate of drug-likeness (QED) is 0.646. The Bertz CT molecular complexity index is 885. The Hall–Kier alpha value is -2.25. The Labute approximate surface area is 170 Å². The molecule has 4 unspecified atom stereocenters. The van der Waals surface area contributed by atoms with Crippen LogP contribution in [0, 0.1) is 11.8 Å². The van der Waals surface area contributed by atoms with Crippen molar-refractivity contribution in [3.63, 3.8) is 0 Å².